The number of para-hydroxylation sites is 2. The van der Waals surface area contributed by atoms with Crippen LogP contribution in [0.5, 0.6) is 0 Å². The minimum atomic E-state index is 0.554. The number of nitrogens with one attached hydrogen (secondary N) is 2. The van der Waals surface area contributed by atoms with Crippen LogP contribution < -0.4 is 0 Å². The van der Waals surface area contributed by atoms with Gasteiger partial charge in [-0.05, 0) is 92.9 Å². The van der Waals surface area contributed by atoms with E-state index in [2.05, 4.69) is 65.1 Å². The second kappa shape index (κ2) is 7.52. The van der Waals surface area contributed by atoms with Crippen LogP contribution in [0.2, 0.25) is 0 Å². The van der Waals surface area contributed by atoms with Gasteiger partial charge in [0.05, 0.1) is 11.0 Å². The second-order valence-electron chi connectivity index (χ2n) is 9.68. The van der Waals surface area contributed by atoms with E-state index in [1.54, 1.807) is 5.56 Å². The number of aromatic nitrogens is 3. The van der Waals surface area contributed by atoms with Gasteiger partial charge in [-0.2, -0.15) is 0 Å². The molecule has 3 unspecified atom stereocenters. The van der Waals surface area contributed by atoms with Gasteiger partial charge in [0.2, 0.25) is 0 Å². The van der Waals surface area contributed by atoms with Crippen LogP contribution in [0.15, 0.2) is 42.5 Å². The number of hydrogen-bond acceptors (Lipinski definition) is 2. The normalized spacial score (nSPS) is 22.9. The first-order valence-electron chi connectivity index (χ1n) is 12.1. The van der Waals surface area contributed by atoms with Gasteiger partial charge in [-0.25, -0.2) is 4.98 Å². The molecule has 31 heavy (non-hydrogen) atoms. The topological polar surface area (TPSA) is 47.7 Å². The summed E-state index contributed by atoms with van der Waals surface area (Å²) in [5, 5.41) is 1.41. The number of hydrogen-bond donors (Lipinski definition) is 2. The number of benzene rings is 2. The number of aromatic amines is 2. The quantitative estimate of drug-likeness (QED) is 0.398. The molecule has 2 aliphatic heterocycles. The number of piperidine rings is 1. The van der Waals surface area contributed by atoms with E-state index in [0.717, 1.165) is 22.9 Å². The van der Waals surface area contributed by atoms with E-state index in [0.29, 0.717) is 11.8 Å². The van der Waals surface area contributed by atoms with Gasteiger partial charge in [-0.1, -0.05) is 26.0 Å². The number of rotatable bonds is 4. The van der Waals surface area contributed by atoms with Crippen molar-refractivity contribution in [2.24, 2.45) is 0 Å². The van der Waals surface area contributed by atoms with E-state index in [9.17, 15) is 0 Å². The summed E-state index contributed by atoms with van der Waals surface area (Å²) in [4.78, 5) is 14.9. The molecule has 2 fully saturated rings. The van der Waals surface area contributed by atoms with E-state index in [4.69, 9.17) is 4.98 Å². The van der Waals surface area contributed by atoms with Gasteiger partial charge in [0.25, 0.3) is 0 Å². The Hall–Kier alpha value is -2.59. The molecule has 2 aromatic carbocycles. The molecule has 4 nitrogen and oxygen atoms in total. The number of imidazole rings is 1. The standard InChI is InChI=1S/C27H32N4/c1-3-17(2)26-25(18-12-14-31-13-6-7-20(31)15-18)21-16-19(10-11-22(21)28-26)27-29-23-8-4-5-9-24(23)30-27/h4-5,8-11,16-18,20,28H,3,6-7,12-15H2,1-2H3,(H,29,30). The Morgan fingerprint density at radius 1 is 1.06 bits per heavy atom. The fourth-order valence-electron chi connectivity index (χ4n) is 5.99. The van der Waals surface area contributed by atoms with Crippen molar-refractivity contribution in [3.8, 4) is 11.4 Å². The van der Waals surface area contributed by atoms with Crippen LogP contribution in [0, 0.1) is 0 Å². The molecular weight excluding hydrogens is 380 g/mol. The molecule has 0 aliphatic carbocycles. The first-order chi connectivity index (χ1) is 15.2. The molecule has 4 aromatic rings. The molecule has 0 bridgehead atoms. The molecule has 2 aliphatic rings. The zero-order valence-electron chi connectivity index (χ0n) is 18.6. The lowest BCUT2D eigenvalue weighted by molar-refractivity contribution is 0.181. The zero-order chi connectivity index (χ0) is 20.9. The molecule has 6 rings (SSSR count). The summed E-state index contributed by atoms with van der Waals surface area (Å²) < 4.78 is 0. The lowest BCUT2D eigenvalue weighted by Gasteiger charge is -2.35. The van der Waals surface area contributed by atoms with Gasteiger partial charge in [0.1, 0.15) is 5.82 Å². The second-order valence-corrected chi connectivity index (χ2v) is 9.68. The molecule has 0 spiro atoms. The lowest BCUT2D eigenvalue weighted by Crippen LogP contribution is -2.37. The molecule has 2 aromatic heterocycles. The molecule has 160 valence electrons. The third-order valence-electron chi connectivity index (χ3n) is 7.87. The maximum absolute atomic E-state index is 4.86. The molecule has 0 radical (unpaired) electrons. The number of nitrogens with zero attached hydrogens (tertiary/aromatic N) is 2. The average molecular weight is 413 g/mol. The highest BCUT2D eigenvalue weighted by Gasteiger charge is 2.34. The number of fused-ring (bicyclic) bond motifs is 3. The average Bonchev–Trinajstić information content (AvgIpc) is 3.53. The predicted molar refractivity (Wildman–Crippen MR) is 129 cm³/mol. The fraction of sp³-hybridized carbons (Fsp3) is 0.444. The molecule has 0 saturated carbocycles. The maximum Gasteiger partial charge on any atom is 0.138 e. The van der Waals surface area contributed by atoms with Crippen molar-refractivity contribution in [1.82, 2.24) is 19.9 Å². The molecule has 4 heteroatoms. The van der Waals surface area contributed by atoms with E-state index in [1.165, 1.54) is 67.4 Å². The van der Waals surface area contributed by atoms with E-state index >= 15 is 0 Å². The molecule has 2 N–H and O–H groups in total. The van der Waals surface area contributed by atoms with Gasteiger partial charge < -0.3 is 14.9 Å². The first-order valence-corrected chi connectivity index (χ1v) is 12.1. The largest absolute Gasteiger partial charge is 0.358 e. The smallest absolute Gasteiger partial charge is 0.138 e. The Balaban J connectivity index is 1.47. The molecular formula is C27H32N4. The summed E-state index contributed by atoms with van der Waals surface area (Å²) >= 11 is 0. The Bertz CT molecular complexity index is 1200. The van der Waals surface area contributed by atoms with Crippen LogP contribution in [0.25, 0.3) is 33.3 Å². The Morgan fingerprint density at radius 2 is 1.97 bits per heavy atom. The van der Waals surface area contributed by atoms with Crippen LogP contribution >= 0.6 is 0 Å². The van der Waals surface area contributed by atoms with Crippen molar-refractivity contribution in [3.63, 3.8) is 0 Å². The van der Waals surface area contributed by atoms with Crippen molar-refractivity contribution in [1.29, 1.82) is 0 Å². The van der Waals surface area contributed by atoms with Gasteiger partial charge in [0, 0.05) is 28.2 Å². The van der Waals surface area contributed by atoms with Crippen LogP contribution in [-0.2, 0) is 0 Å². The molecule has 3 atom stereocenters. The monoisotopic (exact) mass is 412 g/mol. The minimum Gasteiger partial charge on any atom is -0.358 e. The van der Waals surface area contributed by atoms with Gasteiger partial charge in [-0.3, -0.25) is 0 Å². The summed E-state index contributed by atoms with van der Waals surface area (Å²) in [5.74, 6) is 2.17. The van der Waals surface area contributed by atoms with Crippen molar-refractivity contribution in [2.75, 3.05) is 13.1 Å². The van der Waals surface area contributed by atoms with Crippen LogP contribution in [0.3, 0.4) is 0 Å². The Morgan fingerprint density at radius 3 is 2.84 bits per heavy atom. The first kappa shape index (κ1) is 19.1. The van der Waals surface area contributed by atoms with Gasteiger partial charge in [0.15, 0.2) is 0 Å². The highest BCUT2D eigenvalue weighted by Crippen LogP contribution is 2.43. The lowest BCUT2D eigenvalue weighted by atomic mass is 9.82. The van der Waals surface area contributed by atoms with E-state index < -0.39 is 0 Å². The highest BCUT2D eigenvalue weighted by molar-refractivity contribution is 5.90. The minimum absolute atomic E-state index is 0.554. The van der Waals surface area contributed by atoms with Gasteiger partial charge >= 0.3 is 0 Å². The van der Waals surface area contributed by atoms with Crippen molar-refractivity contribution in [2.45, 2.75) is 63.8 Å². The van der Waals surface area contributed by atoms with Crippen LogP contribution in [0.1, 0.15) is 69.0 Å². The van der Waals surface area contributed by atoms with Crippen LogP contribution in [-0.4, -0.2) is 39.0 Å². The third-order valence-corrected chi connectivity index (χ3v) is 7.87. The summed E-state index contributed by atoms with van der Waals surface area (Å²) in [6.45, 7) is 7.24. The van der Waals surface area contributed by atoms with Gasteiger partial charge in [-0.15, -0.1) is 0 Å². The van der Waals surface area contributed by atoms with E-state index in [-0.39, 0.29) is 0 Å². The molecule has 0 amide bonds. The Labute approximate surface area is 184 Å². The summed E-state index contributed by atoms with van der Waals surface area (Å²) in [5.41, 5.74) is 7.64. The zero-order valence-corrected chi connectivity index (χ0v) is 18.6. The van der Waals surface area contributed by atoms with E-state index in [1.807, 2.05) is 6.07 Å². The Kier molecular flexibility index (Phi) is 4.64. The van der Waals surface area contributed by atoms with Crippen molar-refractivity contribution < 1.29 is 0 Å². The third kappa shape index (κ3) is 3.20. The summed E-state index contributed by atoms with van der Waals surface area (Å²) in [7, 11) is 0. The number of H-pyrrole nitrogens is 2. The molecule has 2 saturated heterocycles. The van der Waals surface area contributed by atoms with Crippen molar-refractivity contribution in [3.05, 3.63) is 53.7 Å². The summed E-state index contributed by atoms with van der Waals surface area (Å²) in [6.07, 6.45) is 6.51. The van der Waals surface area contributed by atoms with Crippen molar-refractivity contribution >= 4 is 21.9 Å². The summed E-state index contributed by atoms with van der Waals surface area (Å²) in [6, 6.07) is 15.9. The predicted octanol–water partition coefficient (Wildman–Crippen LogP) is 6.57. The fourth-order valence-corrected chi connectivity index (χ4v) is 5.99. The van der Waals surface area contributed by atoms with Crippen LogP contribution in [0.4, 0.5) is 0 Å². The highest BCUT2D eigenvalue weighted by atomic mass is 15.2. The SMILES string of the molecule is CCC(C)c1[nH]c2ccc(-c3nc4ccccc4[nH]3)cc2c1C1CCN2CCCC2C1. The maximum atomic E-state index is 4.86. The molecule has 4 heterocycles.